The van der Waals surface area contributed by atoms with Gasteiger partial charge in [-0.05, 0) is 18.2 Å². The lowest BCUT2D eigenvalue weighted by Crippen LogP contribution is -2.50. The highest BCUT2D eigenvalue weighted by Gasteiger charge is 2.19. The fourth-order valence-corrected chi connectivity index (χ4v) is 1.55. The third-order valence-electron chi connectivity index (χ3n) is 2.10. The zero-order chi connectivity index (χ0) is 9.97. The van der Waals surface area contributed by atoms with E-state index in [4.69, 9.17) is 10.00 Å². The van der Waals surface area contributed by atoms with Crippen LogP contribution >= 0.6 is 15.9 Å². The lowest BCUT2D eigenvalue weighted by Gasteiger charge is -2.28. The largest absolute Gasteiger partial charge is 0.486 e. The van der Waals surface area contributed by atoms with Crippen LogP contribution in [0.25, 0.3) is 0 Å². The van der Waals surface area contributed by atoms with Crippen molar-refractivity contribution < 1.29 is 4.74 Å². The standard InChI is InChI=1S/C10H9BrN2O/c11-8-2-1-7(4-12)10(3-8)14-9-5-13-6-9/h1-3,9,13H,5-6H2. The zero-order valence-corrected chi connectivity index (χ0v) is 9.04. The summed E-state index contributed by atoms with van der Waals surface area (Å²) in [5.74, 6) is 0.661. The number of nitrogens with zero attached hydrogens (tertiary/aromatic N) is 1. The summed E-state index contributed by atoms with van der Waals surface area (Å²) < 4.78 is 6.57. The second kappa shape index (κ2) is 3.99. The smallest absolute Gasteiger partial charge is 0.138 e. The molecule has 1 heterocycles. The van der Waals surface area contributed by atoms with Crippen LogP contribution in [0, 0.1) is 11.3 Å². The highest BCUT2D eigenvalue weighted by atomic mass is 79.9. The summed E-state index contributed by atoms with van der Waals surface area (Å²) in [6.07, 6.45) is 0.205. The number of nitrogens with one attached hydrogen (secondary N) is 1. The van der Waals surface area contributed by atoms with Crippen LogP contribution in [0.4, 0.5) is 0 Å². The van der Waals surface area contributed by atoms with E-state index in [2.05, 4.69) is 27.3 Å². The molecule has 1 aromatic carbocycles. The van der Waals surface area contributed by atoms with Gasteiger partial charge in [-0.1, -0.05) is 15.9 Å². The maximum absolute atomic E-state index is 8.85. The van der Waals surface area contributed by atoms with Crippen LogP contribution in [0.1, 0.15) is 5.56 Å². The minimum absolute atomic E-state index is 0.205. The number of nitriles is 1. The van der Waals surface area contributed by atoms with E-state index in [1.54, 1.807) is 6.07 Å². The van der Waals surface area contributed by atoms with Crippen LogP contribution in [0.3, 0.4) is 0 Å². The molecule has 1 N–H and O–H groups in total. The van der Waals surface area contributed by atoms with E-state index < -0.39 is 0 Å². The summed E-state index contributed by atoms with van der Waals surface area (Å²) in [5.41, 5.74) is 0.583. The van der Waals surface area contributed by atoms with Crippen molar-refractivity contribution >= 4 is 15.9 Å². The van der Waals surface area contributed by atoms with E-state index in [9.17, 15) is 0 Å². The summed E-state index contributed by atoms with van der Waals surface area (Å²) >= 11 is 3.35. The fraction of sp³-hybridized carbons (Fsp3) is 0.300. The molecule has 1 fully saturated rings. The van der Waals surface area contributed by atoms with Crippen molar-refractivity contribution in [3.05, 3.63) is 28.2 Å². The van der Waals surface area contributed by atoms with Crippen LogP contribution in [-0.4, -0.2) is 19.2 Å². The molecule has 1 aliphatic heterocycles. The molecule has 4 heteroatoms. The molecule has 3 nitrogen and oxygen atoms in total. The van der Waals surface area contributed by atoms with Crippen LogP contribution in [-0.2, 0) is 0 Å². The molecular weight excluding hydrogens is 244 g/mol. The first kappa shape index (κ1) is 9.50. The Morgan fingerprint density at radius 3 is 2.86 bits per heavy atom. The topological polar surface area (TPSA) is 45.0 Å². The quantitative estimate of drug-likeness (QED) is 0.871. The summed E-state index contributed by atoms with van der Waals surface area (Å²) in [6, 6.07) is 7.53. The number of ether oxygens (including phenoxy) is 1. The van der Waals surface area contributed by atoms with Gasteiger partial charge >= 0.3 is 0 Å². The lowest BCUT2D eigenvalue weighted by molar-refractivity contribution is 0.142. The molecule has 0 aromatic heterocycles. The molecule has 1 aromatic rings. The molecule has 0 spiro atoms. The molecule has 0 saturated carbocycles. The second-order valence-electron chi connectivity index (χ2n) is 3.15. The van der Waals surface area contributed by atoms with Gasteiger partial charge in [-0.25, -0.2) is 0 Å². The van der Waals surface area contributed by atoms with E-state index in [-0.39, 0.29) is 6.10 Å². The first-order valence-electron chi connectivity index (χ1n) is 4.36. The second-order valence-corrected chi connectivity index (χ2v) is 4.07. The molecule has 0 radical (unpaired) electrons. The highest BCUT2D eigenvalue weighted by Crippen LogP contribution is 2.24. The van der Waals surface area contributed by atoms with Crippen molar-refractivity contribution in [1.29, 1.82) is 5.26 Å². The summed E-state index contributed by atoms with van der Waals surface area (Å²) in [7, 11) is 0. The van der Waals surface area contributed by atoms with Crippen molar-refractivity contribution in [3.63, 3.8) is 0 Å². The van der Waals surface area contributed by atoms with E-state index >= 15 is 0 Å². The third-order valence-corrected chi connectivity index (χ3v) is 2.60. The highest BCUT2D eigenvalue weighted by molar-refractivity contribution is 9.10. The number of halogens is 1. The fourth-order valence-electron chi connectivity index (χ4n) is 1.21. The van der Waals surface area contributed by atoms with Crippen molar-refractivity contribution in [2.45, 2.75) is 6.10 Å². The maximum Gasteiger partial charge on any atom is 0.138 e. The van der Waals surface area contributed by atoms with Crippen LogP contribution in [0.5, 0.6) is 5.75 Å². The number of benzene rings is 1. The van der Waals surface area contributed by atoms with Crippen molar-refractivity contribution in [1.82, 2.24) is 5.32 Å². The Morgan fingerprint density at radius 1 is 1.50 bits per heavy atom. The average molecular weight is 253 g/mol. The molecule has 0 unspecified atom stereocenters. The third kappa shape index (κ3) is 1.89. The molecular formula is C10H9BrN2O. The minimum atomic E-state index is 0.205. The van der Waals surface area contributed by atoms with Gasteiger partial charge in [-0.3, -0.25) is 0 Å². The monoisotopic (exact) mass is 252 g/mol. The molecule has 2 rings (SSSR count). The van der Waals surface area contributed by atoms with Crippen LogP contribution in [0.2, 0.25) is 0 Å². The maximum atomic E-state index is 8.85. The number of hydrogen-bond acceptors (Lipinski definition) is 3. The summed E-state index contributed by atoms with van der Waals surface area (Å²) in [5, 5.41) is 12.0. The van der Waals surface area contributed by atoms with E-state index in [1.807, 2.05) is 12.1 Å². The van der Waals surface area contributed by atoms with Gasteiger partial charge in [0.15, 0.2) is 0 Å². The Labute approximate surface area is 90.8 Å². The Morgan fingerprint density at radius 2 is 2.29 bits per heavy atom. The molecule has 1 saturated heterocycles. The SMILES string of the molecule is N#Cc1ccc(Br)cc1OC1CNC1. The predicted molar refractivity (Wildman–Crippen MR) is 56.1 cm³/mol. The van der Waals surface area contributed by atoms with Gasteiger partial charge in [-0.2, -0.15) is 5.26 Å². The number of hydrogen-bond donors (Lipinski definition) is 1. The van der Waals surface area contributed by atoms with E-state index in [0.29, 0.717) is 11.3 Å². The average Bonchev–Trinajstić information content (AvgIpc) is 2.12. The van der Waals surface area contributed by atoms with Crippen molar-refractivity contribution in [2.24, 2.45) is 0 Å². The van der Waals surface area contributed by atoms with Gasteiger partial charge in [0.25, 0.3) is 0 Å². The molecule has 1 aliphatic rings. The van der Waals surface area contributed by atoms with Gasteiger partial charge in [0, 0.05) is 17.6 Å². The summed E-state index contributed by atoms with van der Waals surface area (Å²) in [6.45, 7) is 1.72. The summed E-state index contributed by atoms with van der Waals surface area (Å²) in [4.78, 5) is 0. The molecule has 0 aliphatic carbocycles. The van der Waals surface area contributed by atoms with E-state index in [0.717, 1.165) is 17.6 Å². The van der Waals surface area contributed by atoms with Gasteiger partial charge in [0.1, 0.15) is 17.9 Å². The Hall–Kier alpha value is -1.05. The molecule has 0 atom stereocenters. The van der Waals surface area contributed by atoms with Gasteiger partial charge in [0.05, 0.1) is 5.56 Å². The van der Waals surface area contributed by atoms with Crippen molar-refractivity contribution in [2.75, 3.05) is 13.1 Å². The van der Waals surface area contributed by atoms with Gasteiger partial charge in [0.2, 0.25) is 0 Å². The first-order valence-corrected chi connectivity index (χ1v) is 5.16. The number of rotatable bonds is 2. The Balaban J connectivity index is 2.21. The normalized spacial score (nSPS) is 15.7. The molecule has 72 valence electrons. The van der Waals surface area contributed by atoms with Crippen LogP contribution < -0.4 is 10.1 Å². The van der Waals surface area contributed by atoms with Gasteiger partial charge < -0.3 is 10.1 Å². The van der Waals surface area contributed by atoms with E-state index in [1.165, 1.54) is 0 Å². The molecule has 0 amide bonds. The van der Waals surface area contributed by atoms with Crippen molar-refractivity contribution in [3.8, 4) is 11.8 Å². The predicted octanol–water partition coefficient (Wildman–Crippen LogP) is 1.67. The zero-order valence-electron chi connectivity index (χ0n) is 7.46. The molecule has 14 heavy (non-hydrogen) atoms. The Bertz CT molecular complexity index is 382. The minimum Gasteiger partial charge on any atom is -0.486 e. The van der Waals surface area contributed by atoms with Gasteiger partial charge in [-0.15, -0.1) is 0 Å². The lowest BCUT2D eigenvalue weighted by atomic mass is 10.2. The Kier molecular flexibility index (Phi) is 2.71. The molecule has 0 bridgehead atoms. The van der Waals surface area contributed by atoms with Crippen LogP contribution in [0.15, 0.2) is 22.7 Å². The first-order chi connectivity index (χ1) is 6.79.